The van der Waals surface area contributed by atoms with Crippen LogP contribution in [0.2, 0.25) is 0 Å². The van der Waals surface area contributed by atoms with Gasteiger partial charge in [-0.05, 0) is 61.3 Å². The van der Waals surface area contributed by atoms with Crippen molar-refractivity contribution in [3.8, 4) is 5.75 Å². The molecule has 0 spiro atoms. The number of ether oxygens (including phenoxy) is 1. The minimum atomic E-state index is 0.897. The maximum absolute atomic E-state index is 5.19. The van der Waals surface area contributed by atoms with Gasteiger partial charge in [0.25, 0.3) is 0 Å². The van der Waals surface area contributed by atoms with Crippen molar-refractivity contribution in [3.63, 3.8) is 0 Å². The van der Waals surface area contributed by atoms with E-state index in [4.69, 9.17) is 4.74 Å². The fourth-order valence-electron chi connectivity index (χ4n) is 2.12. The highest BCUT2D eigenvalue weighted by molar-refractivity contribution is 7.99. The molecule has 0 aromatic heterocycles. The van der Waals surface area contributed by atoms with Gasteiger partial charge in [-0.1, -0.05) is 30.8 Å². The summed E-state index contributed by atoms with van der Waals surface area (Å²) in [6.45, 7) is 6.38. The Bertz CT molecular complexity index is 566. The molecule has 0 atom stereocenters. The summed E-state index contributed by atoms with van der Waals surface area (Å²) in [5, 5.41) is 3.44. The minimum Gasteiger partial charge on any atom is -0.497 e. The molecule has 2 nitrogen and oxygen atoms in total. The third-order valence-corrected chi connectivity index (χ3v) is 4.47. The van der Waals surface area contributed by atoms with E-state index in [1.807, 2.05) is 12.1 Å². The highest BCUT2D eigenvalue weighted by Crippen LogP contribution is 2.31. The highest BCUT2D eigenvalue weighted by atomic mass is 32.2. The van der Waals surface area contributed by atoms with Gasteiger partial charge in [0.15, 0.2) is 0 Å². The van der Waals surface area contributed by atoms with Crippen LogP contribution in [0.15, 0.2) is 52.3 Å². The van der Waals surface area contributed by atoms with Crippen LogP contribution in [0.5, 0.6) is 5.75 Å². The van der Waals surface area contributed by atoms with Crippen LogP contribution in [-0.2, 0) is 6.54 Å². The second-order valence-electron chi connectivity index (χ2n) is 5.05. The van der Waals surface area contributed by atoms with Crippen molar-refractivity contribution < 1.29 is 4.74 Å². The molecule has 2 rings (SSSR count). The quantitative estimate of drug-likeness (QED) is 0.752. The zero-order chi connectivity index (χ0) is 15.1. The van der Waals surface area contributed by atoms with Gasteiger partial charge in [0.05, 0.1) is 7.11 Å². The summed E-state index contributed by atoms with van der Waals surface area (Å²) in [4.78, 5) is 2.54. The molecule has 0 fully saturated rings. The van der Waals surface area contributed by atoms with Crippen LogP contribution >= 0.6 is 11.8 Å². The van der Waals surface area contributed by atoms with E-state index >= 15 is 0 Å². The Labute approximate surface area is 131 Å². The van der Waals surface area contributed by atoms with Gasteiger partial charge in [-0.25, -0.2) is 0 Å². The molecule has 2 aromatic rings. The van der Waals surface area contributed by atoms with E-state index in [-0.39, 0.29) is 0 Å². The molecule has 21 heavy (non-hydrogen) atoms. The third kappa shape index (κ3) is 4.80. The number of rotatable bonds is 7. The van der Waals surface area contributed by atoms with Gasteiger partial charge in [0.1, 0.15) is 5.75 Å². The summed E-state index contributed by atoms with van der Waals surface area (Å²) < 4.78 is 5.19. The second kappa shape index (κ2) is 8.11. The average Bonchev–Trinajstić information content (AvgIpc) is 2.51. The van der Waals surface area contributed by atoms with Gasteiger partial charge in [0.2, 0.25) is 0 Å². The van der Waals surface area contributed by atoms with Crippen molar-refractivity contribution in [1.29, 1.82) is 0 Å². The Morgan fingerprint density at radius 2 is 1.86 bits per heavy atom. The molecule has 0 unspecified atom stereocenters. The smallest absolute Gasteiger partial charge is 0.118 e. The van der Waals surface area contributed by atoms with Crippen LogP contribution in [0.4, 0.5) is 0 Å². The van der Waals surface area contributed by atoms with E-state index in [9.17, 15) is 0 Å². The first-order chi connectivity index (χ1) is 10.2. The molecule has 0 heterocycles. The molecule has 0 saturated heterocycles. The van der Waals surface area contributed by atoms with Gasteiger partial charge < -0.3 is 10.1 Å². The molecule has 0 aliphatic carbocycles. The van der Waals surface area contributed by atoms with Gasteiger partial charge in [-0.15, -0.1) is 0 Å². The molecule has 0 aliphatic rings. The summed E-state index contributed by atoms with van der Waals surface area (Å²) >= 11 is 1.79. The summed E-state index contributed by atoms with van der Waals surface area (Å²) in [5.74, 6) is 0.897. The van der Waals surface area contributed by atoms with Crippen molar-refractivity contribution >= 4 is 11.8 Å². The molecule has 112 valence electrons. The fraction of sp³-hybridized carbons (Fsp3) is 0.333. The molecule has 0 amide bonds. The molecular weight excluding hydrogens is 278 g/mol. The first-order valence-corrected chi connectivity index (χ1v) is 8.16. The minimum absolute atomic E-state index is 0.897. The molecule has 0 aliphatic heterocycles. The molecule has 1 N–H and O–H groups in total. The van der Waals surface area contributed by atoms with Gasteiger partial charge >= 0.3 is 0 Å². The van der Waals surface area contributed by atoms with Crippen LogP contribution < -0.4 is 10.1 Å². The van der Waals surface area contributed by atoms with Crippen LogP contribution in [-0.4, -0.2) is 13.7 Å². The Morgan fingerprint density at radius 3 is 2.48 bits per heavy atom. The van der Waals surface area contributed by atoms with Crippen molar-refractivity contribution in [2.45, 2.75) is 36.6 Å². The first-order valence-electron chi connectivity index (χ1n) is 7.35. The van der Waals surface area contributed by atoms with Crippen molar-refractivity contribution in [2.75, 3.05) is 13.7 Å². The van der Waals surface area contributed by atoms with E-state index in [2.05, 4.69) is 49.5 Å². The van der Waals surface area contributed by atoms with Crippen molar-refractivity contribution in [1.82, 2.24) is 5.32 Å². The molecule has 0 radical (unpaired) electrons. The largest absolute Gasteiger partial charge is 0.497 e. The highest BCUT2D eigenvalue weighted by Gasteiger charge is 2.03. The van der Waals surface area contributed by atoms with E-state index in [1.54, 1.807) is 18.9 Å². The van der Waals surface area contributed by atoms with Crippen molar-refractivity contribution in [2.24, 2.45) is 0 Å². The molecule has 3 heteroatoms. The van der Waals surface area contributed by atoms with Gasteiger partial charge in [-0.2, -0.15) is 0 Å². The monoisotopic (exact) mass is 301 g/mol. The standard InChI is InChI=1S/C18H23NOS/c1-4-11-19-13-15-5-10-18(14(2)12-15)21-17-8-6-16(20-3)7-9-17/h5-10,12,19H,4,11,13H2,1-3H3. The van der Waals surface area contributed by atoms with E-state index in [0.717, 1.165) is 18.8 Å². The second-order valence-corrected chi connectivity index (χ2v) is 6.17. The first kappa shape index (κ1) is 15.9. The van der Waals surface area contributed by atoms with Gasteiger partial charge in [0, 0.05) is 16.3 Å². The predicted molar refractivity (Wildman–Crippen MR) is 90.3 cm³/mol. The average molecular weight is 301 g/mol. The summed E-state index contributed by atoms with van der Waals surface area (Å²) in [5.41, 5.74) is 2.67. The zero-order valence-electron chi connectivity index (χ0n) is 13.0. The van der Waals surface area contributed by atoms with Crippen molar-refractivity contribution in [3.05, 3.63) is 53.6 Å². The molecule has 0 bridgehead atoms. The van der Waals surface area contributed by atoms with Crippen LogP contribution in [0.3, 0.4) is 0 Å². The van der Waals surface area contributed by atoms with E-state index in [1.165, 1.54) is 27.3 Å². The topological polar surface area (TPSA) is 21.3 Å². The van der Waals surface area contributed by atoms with Gasteiger partial charge in [-0.3, -0.25) is 0 Å². The fourth-order valence-corrected chi connectivity index (χ4v) is 3.00. The summed E-state index contributed by atoms with van der Waals surface area (Å²) in [6.07, 6.45) is 1.17. The summed E-state index contributed by atoms with van der Waals surface area (Å²) in [6, 6.07) is 14.9. The lowest BCUT2D eigenvalue weighted by Gasteiger charge is -2.09. The number of hydrogen-bond donors (Lipinski definition) is 1. The maximum Gasteiger partial charge on any atom is 0.118 e. The van der Waals surface area contributed by atoms with E-state index < -0.39 is 0 Å². The Balaban J connectivity index is 2.02. The Kier molecular flexibility index (Phi) is 6.15. The number of aryl methyl sites for hydroxylation is 1. The Morgan fingerprint density at radius 1 is 1.10 bits per heavy atom. The third-order valence-electron chi connectivity index (χ3n) is 3.28. The molecule has 2 aromatic carbocycles. The molecular formula is C18H23NOS. The summed E-state index contributed by atoms with van der Waals surface area (Å²) in [7, 11) is 1.69. The lowest BCUT2D eigenvalue weighted by Crippen LogP contribution is -2.13. The number of nitrogens with one attached hydrogen (secondary N) is 1. The number of benzene rings is 2. The molecule has 0 saturated carbocycles. The van der Waals surface area contributed by atoms with Crippen LogP contribution in [0.25, 0.3) is 0 Å². The van der Waals surface area contributed by atoms with E-state index in [0.29, 0.717) is 0 Å². The predicted octanol–water partition coefficient (Wildman–Crippen LogP) is 4.65. The lowest BCUT2D eigenvalue weighted by molar-refractivity contribution is 0.414. The number of methoxy groups -OCH3 is 1. The number of hydrogen-bond acceptors (Lipinski definition) is 3. The zero-order valence-corrected chi connectivity index (χ0v) is 13.8. The normalized spacial score (nSPS) is 10.6. The Hall–Kier alpha value is -1.45. The lowest BCUT2D eigenvalue weighted by atomic mass is 10.1. The van der Waals surface area contributed by atoms with Crippen LogP contribution in [0.1, 0.15) is 24.5 Å². The maximum atomic E-state index is 5.19. The van der Waals surface area contributed by atoms with Crippen LogP contribution in [0, 0.1) is 6.92 Å². The SMILES string of the molecule is CCCNCc1ccc(Sc2ccc(OC)cc2)c(C)c1.